The number of aliphatic hydroxyl groups is 2. The zero-order chi connectivity index (χ0) is 17.4. The molecule has 0 bridgehead atoms. The maximum Gasteiger partial charge on any atom is 0.335 e. The highest BCUT2D eigenvalue weighted by atomic mass is 16.4. The van der Waals surface area contributed by atoms with Crippen molar-refractivity contribution in [1.82, 2.24) is 0 Å². The SMILES string of the molecule is CCCCO.CCCCO.O=C(O)c1ccc(C(=O)O)cc1. The Labute approximate surface area is 131 Å². The quantitative estimate of drug-likeness (QED) is 0.641. The van der Waals surface area contributed by atoms with Crippen LogP contribution in [-0.2, 0) is 0 Å². The smallest absolute Gasteiger partial charge is 0.335 e. The van der Waals surface area contributed by atoms with Gasteiger partial charge < -0.3 is 20.4 Å². The van der Waals surface area contributed by atoms with Crippen LogP contribution >= 0.6 is 0 Å². The van der Waals surface area contributed by atoms with Gasteiger partial charge in [0.15, 0.2) is 0 Å². The molecule has 0 aliphatic carbocycles. The van der Waals surface area contributed by atoms with E-state index in [1.54, 1.807) is 0 Å². The van der Waals surface area contributed by atoms with Crippen LogP contribution in [0.25, 0.3) is 0 Å². The van der Waals surface area contributed by atoms with Gasteiger partial charge in [-0.25, -0.2) is 9.59 Å². The number of rotatable bonds is 6. The first-order valence-electron chi connectivity index (χ1n) is 7.22. The summed E-state index contributed by atoms with van der Waals surface area (Å²) in [6.07, 6.45) is 4.08. The Bertz CT molecular complexity index is 357. The molecule has 0 spiro atoms. The van der Waals surface area contributed by atoms with Gasteiger partial charge in [0.1, 0.15) is 0 Å². The molecule has 0 aromatic heterocycles. The molecule has 22 heavy (non-hydrogen) atoms. The number of carboxylic acids is 2. The van der Waals surface area contributed by atoms with Gasteiger partial charge in [-0.1, -0.05) is 26.7 Å². The maximum absolute atomic E-state index is 10.3. The number of hydrogen-bond acceptors (Lipinski definition) is 4. The van der Waals surface area contributed by atoms with Crippen molar-refractivity contribution >= 4 is 11.9 Å². The van der Waals surface area contributed by atoms with Crippen molar-refractivity contribution in [2.24, 2.45) is 0 Å². The molecule has 6 nitrogen and oxygen atoms in total. The average Bonchev–Trinajstić information content (AvgIpc) is 2.50. The van der Waals surface area contributed by atoms with Crippen LogP contribution in [0.1, 0.15) is 60.2 Å². The van der Waals surface area contributed by atoms with E-state index in [1.807, 2.05) is 0 Å². The van der Waals surface area contributed by atoms with Gasteiger partial charge in [0.2, 0.25) is 0 Å². The maximum atomic E-state index is 10.3. The summed E-state index contributed by atoms with van der Waals surface area (Å²) >= 11 is 0. The fourth-order valence-corrected chi connectivity index (χ4v) is 1.07. The Kier molecular flexibility index (Phi) is 15.7. The molecule has 1 aromatic rings. The van der Waals surface area contributed by atoms with Gasteiger partial charge in [0.05, 0.1) is 11.1 Å². The van der Waals surface area contributed by atoms with Crippen LogP contribution in [0.3, 0.4) is 0 Å². The molecule has 0 unspecified atom stereocenters. The molecule has 1 aromatic carbocycles. The summed E-state index contributed by atoms with van der Waals surface area (Å²) < 4.78 is 0. The van der Waals surface area contributed by atoms with Gasteiger partial charge in [0.25, 0.3) is 0 Å². The number of benzene rings is 1. The van der Waals surface area contributed by atoms with E-state index in [-0.39, 0.29) is 11.1 Å². The van der Waals surface area contributed by atoms with Gasteiger partial charge in [-0.15, -0.1) is 0 Å². The second-order valence-corrected chi connectivity index (χ2v) is 4.34. The highest BCUT2D eigenvalue weighted by molar-refractivity contribution is 5.91. The third-order valence-corrected chi connectivity index (χ3v) is 2.40. The van der Waals surface area contributed by atoms with E-state index in [4.69, 9.17) is 20.4 Å². The van der Waals surface area contributed by atoms with E-state index in [9.17, 15) is 9.59 Å². The van der Waals surface area contributed by atoms with Crippen molar-refractivity contribution in [3.05, 3.63) is 35.4 Å². The van der Waals surface area contributed by atoms with Crippen LogP contribution in [0.5, 0.6) is 0 Å². The normalized spacial score (nSPS) is 8.91. The average molecular weight is 314 g/mol. The van der Waals surface area contributed by atoms with Crippen LogP contribution in [0.15, 0.2) is 24.3 Å². The Hall–Kier alpha value is -1.92. The van der Waals surface area contributed by atoms with Crippen LogP contribution in [0, 0.1) is 0 Å². The first-order valence-corrected chi connectivity index (χ1v) is 7.22. The van der Waals surface area contributed by atoms with Gasteiger partial charge in [-0.05, 0) is 37.1 Å². The molecular formula is C16H26O6. The van der Waals surface area contributed by atoms with Crippen molar-refractivity contribution in [3.63, 3.8) is 0 Å². The topological polar surface area (TPSA) is 115 Å². The Morgan fingerprint density at radius 2 is 1.05 bits per heavy atom. The lowest BCUT2D eigenvalue weighted by atomic mass is 10.1. The van der Waals surface area contributed by atoms with Crippen molar-refractivity contribution in [2.75, 3.05) is 13.2 Å². The van der Waals surface area contributed by atoms with Crippen LogP contribution in [-0.4, -0.2) is 45.6 Å². The predicted octanol–water partition coefficient (Wildman–Crippen LogP) is 2.64. The second kappa shape index (κ2) is 15.5. The van der Waals surface area contributed by atoms with Crippen LogP contribution in [0.2, 0.25) is 0 Å². The van der Waals surface area contributed by atoms with Gasteiger partial charge in [-0.2, -0.15) is 0 Å². The van der Waals surface area contributed by atoms with Gasteiger partial charge >= 0.3 is 11.9 Å². The molecule has 0 radical (unpaired) electrons. The molecule has 0 fully saturated rings. The number of carboxylic acid groups (broad SMARTS) is 2. The fraction of sp³-hybridized carbons (Fsp3) is 0.500. The minimum Gasteiger partial charge on any atom is -0.478 e. The monoisotopic (exact) mass is 314 g/mol. The molecule has 6 heteroatoms. The lowest BCUT2D eigenvalue weighted by Crippen LogP contribution is -1.99. The molecule has 0 amide bonds. The zero-order valence-corrected chi connectivity index (χ0v) is 13.2. The summed E-state index contributed by atoms with van der Waals surface area (Å²) in [6, 6.07) is 5.02. The Morgan fingerprint density at radius 3 is 1.14 bits per heavy atom. The van der Waals surface area contributed by atoms with Gasteiger partial charge in [-0.3, -0.25) is 0 Å². The third-order valence-electron chi connectivity index (χ3n) is 2.40. The van der Waals surface area contributed by atoms with Crippen LogP contribution in [0.4, 0.5) is 0 Å². The number of hydrogen-bond donors (Lipinski definition) is 4. The van der Waals surface area contributed by atoms with E-state index >= 15 is 0 Å². The highest BCUT2D eigenvalue weighted by Crippen LogP contribution is 2.03. The zero-order valence-electron chi connectivity index (χ0n) is 13.2. The van der Waals surface area contributed by atoms with E-state index in [1.165, 1.54) is 24.3 Å². The van der Waals surface area contributed by atoms with Crippen molar-refractivity contribution in [3.8, 4) is 0 Å². The van der Waals surface area contributed by atoms with Crippen molar-refractivity contribution in [1.29, 1.82) is 0 Å². The summed E-state index contributed by atoms with van der Waals surface area (Å²) in [5.41, 5.74) is 0.167. The molecule has 0 atom stereocenters. The van der Waals surface area contributed by atoms with E-state index < -0.39 is 11.9 Å². The molecule has 0 aliphatic rings. The van der Waals surface area contributed by atoms with E-state index in [0.29, 0.717) is 13.2 Å². The number of unbranched alkanes of at least 4 members (excludes halogenated alkanes) is 2. The second-order valence-electron chi connectivity index (χ2n) is 4.34. The van der Waals surface area contributed by atoms with Crippen LogP contribution < -0.4 is 0 Å². The number of carbonyl (C=O) groups is 2. The van der Waals surface area contributed by atoms with Crippen molar-refractivity contribution in [2.45, 2.75) is 39.5 Å². The number of aromatic carboxylic acids is 2. The number of aliphatic hydroxyl groups excluding tert-OH is 2. The fourth-order valence-electron chi connectivity index (χ4n) is 1.07. The molecular weight excluding hydrogens is 288 g/mol. The minimum atomic E-state index is -1.06. The molecule has 0 saturated carbocycles. The van der Waals surface area contributed by atoms with Gasteiger partial charge in [0, 0.05) is 13.2 Å². The van der Waals surface area contributed by atoms with E-state index in [2.05, 4.69) is 13.8 Å². The van der Waals surface area contributed by atoms with Crippen molar-refractivity contribution < 1.29 is 30.0 Å². The first kappa shape index (κ1) is 22.4. The predicted molar refractivity (Wildman–Crippen MR) is 84.3 cm³/mol. The lowest BCUT2D eigenvalue weighted by molar-refractivity contribution is 0.0681. The largest absolute Gasteiger partial charge is 0.478 e. The molecule has 0 aliphatic heterocycles. The summed E-state index contributed by atoms with van der Waals surface area (Å²) in [6.45, 7) is 4.79. The molecule has 0 heterocycles. The van der Waals surface area contributed by atoms with E-state index in [0.717, 1.165) is 25.7 Å². The standard InChI is InChI=1S/C8H6O4.2C4H10O/c9-7(10)5-1-2-6(4-3-5)8(11)12;2*1-2-3-4-5/h1-4H,(H,9,10)(H,11,12);2*5H,2-4H2,1H3. The molecule has 126 valence electrons. The molecule has 1 rings (SSSR count). The summed E-state index contributed by atoms with van der Waals surface area (Å²) in [5.74, 6) is -2.13. The summed E-state index contributed by atoms with van der Waals surface area (Å²) in [5, 5.41) is 33.1. The Morgan fingerprint density at radius 1 is 0.773 bits per heavy atom. The first-order chi connectivity index (χ1) is 10.4. The summed E-state index contributed by atoms with van der Waals surface area (Å²) in [7, 11) is 0. The third kappa shape index (κ3) is 13.1. The molecule has 0 saturated heterocycles. The Balaban J connectivity index is 0. The lowest BCUT2D eigenvalue weighted by Gasteiger charge is -1.94. The summed E-state index contributed by atoms with van der Waals surface area (Å²) in [4.78, 5) is 20.7. The molecule has 4 N–H and O–H groups in total. The highest BCUT2D eigenvalue weighted by Gasteiger charge is 2.04. The minimum absolute atomic E-state index is 0.0833.